The summed E-state index contributed by atoms with van der Waals surface area (Å²) < 4.78 is 127. The van der Waals surface area contributed by atoms with Crippen LogP contribution in [0.4, 0.5) is 39.5 Å². The topological polar surface area (TPSA) is 34.9 Å². The molecule has 28 heavy (non-hydrogen) atoms. The predicted octanol–water partition coefficient (Wildman–Crippen LogP) is 5.24. The number of aromatic nitrogens is 2. The largest absolute Gasteiger partial charge is 0.464 e. The summed E-state index contributed by atoms with van der Waals surface area (Å²) in [5.74, 6) is -2.75. The van der Waals surface area contributed by atoms with Gasteiger partial charge in [-0.2, -0.15) is 40.2 Å². The molecule has 14 heteroatoms. The summed E-state index contributed by atoms with van der Waals surface area (Å²) in [6.07, 6.45) is -9.34. The maximum Gasteiger partial charge on any atom is 0.464 e. The van der Waals surface area contributed by atoms with Gasteiger partial charge in [0.15, 0.2) is 0 Å². The molecule has 0 aliphatic carbocycles. The first kappa shape index (κ1) is 22.6. The number of hydrogen-bond acceptors (Lipinski definition) is 3. The first-order valence-electron chi connectivity index (χ1n) is 7.04. The van der Waals surface area contributed by atoms with E-state index in [1.807, 2.05) is 0 Å². The summed E-state index contributed by atoms with van der Waals surface area (Å²) in [6, 6.07) is 1.54. The van der Waals surface area contributed by atoms with Crippen LogP contribution in [-0.2, 0) is 10.8 Å². The molecular weight excluding hydrogens is 447 g/mol. The molecule has 0 saturated carbocycles. The summed E-state index contributed by atoms with van der Waals surface area (Å²) in [4.78, 5) is -1.04. The van der Waals surface area contributed by atoms with Crippen LogP contribution in [-0.4, -0.2) is 37.3 Å². The van der Waals surface area contributed by atoms with Gasteiger partial charge in [-0.05, 0) is 36.4 Å². The van der Waals surface area contributed by atoms with Gasteiger partial charge in [0.25, 0.3) is 0 Å². The van der Waals surface area contributed by atoms with Gasteiger partial charge in [0.2, 0.25) is 0 Å². The van der Waals surface area contributed by atoms with E-state index in [4.69, 9.17) is 0 Å². The minimum absolute atomic E-state index is 0.0609. The van der Waals surface area contributed by atoms with E-state index in [1.54, 1.807) is 0 Å². The monoisotopic (exact) mass is 456 g/mol. The maximum absolute atomic E-state index is 14.1. The Balaban J connectivity index is 2.38. The highest BCUT2D eigenvalue weighted by Gasteiger charge is 2.58. The minimum atomic E-state index is -5.84. The number of aryl methyl sites for hydroxylation is 1. The second-order valence-electron chi connectivity index (χ2n) is 5.41. The molecule has 0 amide bonds. The summed E-state index contributed by atoms with van der Waals surface area (Å²) in [7, 11) is -2.58. The molecule has 0 spiro atoms. The SMILES string of the molecule is Cc1cc(F)c(-n2cc(SC(F)(F)C(F)(F)F)cn2)cc1S(=O)CC(F)(F)F. The molecule has 0 N–H and O–H groups in total. The molecule has 0 saturated heterocycles. The Labute approximate surface area is 158 Å². The molecule has 0 fully saturated rings. The Bertz CT molecular complexity index is 890. The molecule has 1 heterocycles. The normalized spacial score (nSPS) is 14.4. The first-order valence-corrected chi connectivity index (χ1v) is 9.18. The third kappa shape index (κ3) is 5.21. The van der Waals surface area contributed by atoms with E-state index < -0.39 is 62.3 Å². The van der Waals surface area contributed by atoms with Crippen LogP contribution in [0.1, 0.15) is 5.56 Å². The fourth-order valence-corrected chi connectivity index (χ4v) is 3.76. The van der Waals surface area contributed by atoms with Crippen LogP contribution in [0.25, 0.3) is 5.69 Å². The average Bonchev–Trinajstić information content (AvgIpc) is 2.91. The molecule has 0 radical (unpaired) electrons. The van der Waals surface area contributed by atoms with Crippen LogP contribution in [0.3, 0.4) is 0 Å². The zero-order chi connectivity index (χ0) is 21.5. The number of rotatable bonds is 5. The number of nitrogens with zero attached hydrogens (tertiary/aromatic N) is 2. The van der Waals surface area contributed by atoms with Crippen molar-refractivity contribution in [3.8, 4) is 5.69 Å². The van der Waals surface area contributed by atoms with Gasteiger partial charge in [0.1, 0.15) is 17.3 Å². The molecule has 0 aliphatic rings. The van der Waals surface area contributed by atoms with Gasteiger partial charge in [0, 0.05) is 11.1 Å². The standard InChI is InChI=1S/C14H9F9N2OS2/c1-7-2-9(15)10(3-11(7)28(26)6-12(16,17)18)25-5-8(4-24-25)27-14(22,23)13(19,20)21/h2-5H,6H2,1H3. The summed E-state index contributed by atoms with van der Waals surface area (Å²) >= 11 is -0.877. The lowest BCUT2D eigenvalue weighted by atomic mass is 10.2. The van der Waals surface area contributed by atoms with Crippen LogP contribution in [0.2, 0.25) is 0 Å². The molecule has 3 nitrogen and oxygen atoms in total. The van der Waals surface area contributed by atoms with Gasteiger partial charge >= 0.3 is 17.6 Å². The molecule has 0 bridgehead atoms. The van der Waals surface area contributed by atoms with Crippen molar-refractivity contribution in [3.05, 3.63) is 35.9 Å². The average molecular weight is 456 g/mol. The van der Waals surface area contributed by atoms with E-state index >= 15 is 0 Å². The van der Waals surface area contributed by atoms with Crippen LogP contribution in [0.5, 0.6) is 0 Å². The number of benzene rings is 1. The summed E-state index contributed by atoms with van der Waals surface area (Å²) in [6.45, 7) is 1.21. The Morgan fingerprint density at radius 3 is 2.25 bits per heavy atom. The van der Waals surface area contributed by atoms with Gasteiger partial charge in [-0.25, -0.2) is 9.07 Å². The van der Waals surface area contributed by atoms with E-state index in [-0.39, 0.29) is 10.5 Å². The van der Waals surface area contributed by atoms with Gasteiger partial charge < -0.3 is 0 Å². The van der Waals surface area contributed by atoms with E-state index in [0.29, 0.717) is 17.1 Å². The van der Waals surface area contributed by atoms with Crippen molar-refractivity contribution in [3.63, 3.8) is 0 Å². The molecule has 1 unspecified atom stereocenters. The molecule has 2 rings (SSSR count). The second-order valence-corrected chi connectivity index (χ2v) is 8.02. The van der Waals surface area contributed by atoms with Crippen LogP contribution >= 0.6 is 11.8 Å². The van der Waals surface area contributed by atoms with Crippen molar-refractivity contribution >= 4 is 22.6 Å². The summed E-state index contributed by atoms with van der Waals surface area (Å²) in [5.41, 5.74) is -0.618. The molecule has 1 atom stereocenters. The molecule has 0 aliphatic heterocycles. The Morgan fingerprint density at radius 2 is 1.71 bits per heavy atom. The van der Waals surface area contributed by atoms with E-state index in [2.05, 4.69) is 5.10 Å². The lowest BCUT2D eigenvalue weighted by Crippen LogP contribution is -2.32. The van der Waals surface area contributed by atoms with Crippen molar-refractivity contribution in [2.24, 2.45) is 0 Å². The molecule has 1 aromatic carbocycles. The van der Waals surface area contributed by atoms with Gasteiger partial charge in [-0.1, -0.05) is 0 Å². The predicted molar refractivity (Wildman–Crippen MR) is 82.4 cm³/mol. The van der Waals surface area contributed by atoms with E-state index in [1.165, 1.54) is 6.92 Å². The molecule has 1 aromatic heterocycles. The Kier molecular flexibility index (Phi) is 6.14. The van der Waals surface area contributed by atoms with Crippen LogP contribution in [0.15, 0.2) is 34.3 Å². The van der Waals surface area contributed by atoms with Crippen molar-refractivity contribution < 1.29 is 43.7 Å². The highest BCUT2D eigenvalue weighted by molar-refractivity contribution is 8.00. The molecule has 2 aromatic rings. The van der Waals surface area contributed by atoms with E-state index in [0.717, 1.165) is 12.1 Å². The van der Waals surface area contributed by atoms with Crippen molar-refractivity contribution in [1.82, 2.24) is 9.78 Å². The minimum Gasteiger partial charge on any atom is -0.254 e. The molecular formula is C14H9F9N2OS2. The third-order valence-corrected chi connectivity index (χ3v) is 5.62. The lowest BCUT2D eigenvalue weighted by molar-refractivity contribution is -0.237. The third-order valence-electron chi connectivity index (χ3n) is 3.17. The second kappa shape index (κ2) is 7.61. The lowest BCUT2D eigenvalue weighted by Gasteiger charge is -2.17. The zero-order valence-electron chi connectivity index (χ0n) is 13.5. The van der Waals surface area contributed by atoms with Crippen LogP contribution in [0, 0.1) is 12.7 Å². The van der Waals surface area contributed by atoms with Crippen molar-refractivity contribution in [2.45, 2.75) is 34.3 Å². The summed E-state index contributed by atoms with van der Waals surface area (Å²) in [5, 5.41) is -1.68. The van der Waals surface area contributed by atoms with Crippen molar-refractivity contribution in [1.29, 1.82) is 0 Å². The highest BCUT2D eigenvalue weighted by Crippen LogP contribution is 2.47. The zero-order valence-corrected chi connectivity index (χ0v) is 15.2. The van der Waals surface area contributed by atoms with Crippen LogP contribution < -0.4 is 0 Å². The smallest absolute Gasteiger partial charge is 0.254 e. The number of thioether (sulfide) groups is 1. The number of halogens is 9. The van der Waals surface area contributed by atoms with Gasteiger partial charge in [-0.3, -0.25) is 4.21 Å². The van der Waals surface area contributed by atoms with Crippen molar-refractivity contribution in [2.75, 3.05) is 5.75 Å². The Hall–Kier alpha value is -1.70. The fraction of sp³-hybridized carbons (Fsp3) is 0.357. The Morgan fingerprint density at radius 1 is 1.11 bits per heavy atom. The van der Waals surface area contributed by atoms with Gasteiger partial charge in [0.05, 0.1) is 21.9 Å². The highest BCUT2D eigenvalue weighted by atomic mass is 32.2. The quantitative estimate of drug-likeness (QED) is 0.456. The molecule has 156 valence electrons. The number of hydrogen-bond donors (Lipinski definition) is 0. The van der Waals surface area contributed by atoms with E-state index in [9.17, 15) is 43.7 Å². The van der Waals surface area contributed by atoms with Gasteiger partial charge in [-0.15, -0.1) is 0 Å². The fourth-order valence-electron chi connectivity index (χ4n) is 1.99. The first-order chi connectivity index (χ1) is 12.6. The number of alkyl halides is 8. The maximum atomic E-state index is 14.1.